The van der Waals surface area contributed by atoms with Gasteiger partial charge in [0, 0.05) is 28.6 Å². The van der Waals surface area contributed by atoms with Crippen LogP contribution in [0.3, 0.4) is 0 Å². The normalized spacial score (nSPS) is 11.1. The molecule has 0 aliphatic carbocycles. The molecule has 1 amide bonds. The number of nitrogens with one attached hydrogen (secondary N) is 1. The van der Waals surface area contributed by atoms with Crippen LogP contribution in [0.2, 0.25) is 0 Å². The Morgan fingerprint density at radius 2 is 1.75 bits per heavy atom. The summed E-state index contributed by atoms with van der Waals surface area (Å²) in [5, 5.41) is 17.4. The number of benzene rings is 4. The molecule has 0 bridgehead atoms. The summed E-state index contributed by atoms with van der Waals surface area (Å²) in [5.41, 5.74) is 4.69. The number of hydrogen-bond acceptors (Lipinski definition) is 4. The van der Waals surface area contributed by atoms with Crippen LogP contribution in [0.5, 0.6) is 5.75 Å². The molecule has 5 rings (SSSR count). The molecule has 0 spiro atoms. The number of aryl methyl sites for hydroxylation is 1. The Labute approximate surface area is 231 Å². The number of ether oxygens (including phenoxy) is 1. The highest BCUT2D eigenvalue weighted by Crippen LogP contribution is 2.29. The summed E-state index contributed by atoms with van der Waals surface area (Å²) in [6, 6.07) is 32.6. The molecule has 1 heterocycles. The van der Waals surface area contributed by atoms with Crippen molar-refractivity contribution < 1.29 is 13.9 Å². The summed E-state index contributed by atoms with van der Waals surface area (Å²) < 4.78 is 21.6. The van der Waals surface area contributed by atoms with Crippen molar-refractivity contribution >= 4 is 17.7 Å². The van der Waals surface area contributed by atoms with Crippen LogP contribution in [0.15, 0.2) is 115 Å². The lowest BCUT2D eigenvalue weighted by atomic mass is 10.1. The molecule has 7 heteroatoms. The van der Waals surface area contributed by atoms with Crippen molar-refractivity contribution in [1.82, 2.24) is 9.78 Å². The number of rotatable bonds is 8. The Hall–Kier alpha value is -5.48. The van der Waals surface area contributed by atoms with Crippen LogP contribution in [0.1, 0.15) is 16.7 Å². The van der Waals surface area contributed by atoms with Gasteiger partial charge < -0.3 is 10.1 Å². The van der Waals surface area contributed by atoms with Gasteiger partial charge in [-0.1, -0.05) is 66.2 Å². The quantitative estimate of drug-likeness (QED) is 0.172. The summed E-state index contributed by atoms with van der Waals surface area (Å²) in [6.07, 6.45) is 3.30. The second kappa shape index (κ2) is 11.9. The zero-order chi connectivity index (χ0) is 27.9. The van der Waals surface area contributed by atoms with Crippen molar-refractivity contribution in [1.29, 1.82) is 5.26 Å². The molecular weight excluding hydrogens is 503 g/mol. The number of hydrogen-bond donors (Lipinski definition) is 1. The highest BCUT2D eigenvalue weighted by atomic mass is 19.1. The SMILES string of the molecule is Cc1ccc(NC(=O)C(C#N)=Cc2cn(-c3ccccc3)nc2-c2cccc(OCc3ccccc3F)c2)cc1. The Morgan fingerprint density at radius 1 is 1.00 bits per heavy atom. The van der Waals surface area contributed by atoms with Crippen LogP contribution in [0.25, 0.3) is 23.0 Å². The van der Waals surface area contributed by atoms with Crippen molar-refractivity contribution in [2.75, 3.05) is 5.32 Å². The van der Waals surface area contributed by atoms with Crippen molar-refractivity contribution in [3.05, 3.63) is 137 Å². The van der Waals surface area contributed by atoms with E-state index in [1.807, 2.05) is 67.6 Å². The molecule has 0 unspecified atom stereocenters. The summed E-state index contributed by atoms with van der Waals surface area (Å²) >= 11 is 0. The van der Waals surface area contributed by atoms with Gasteiger partial charge in [-0.25, -0.2) is 9.07 Å². The number of halogens is 1. The molecule has 0 saturated heterocycles. The van der Waals surface area contributed by atoms with Crippen molar-refractivity contribution in [2.45, 2.75) is 13.5 Å². The maximum atomic E-state index is 14.1. The molecule has 0 radical (unpaired) electrons. The number of nitrogens with zero attached hydrogens (tertiary/aromatic N) is 3. The largest absolute Gasteiger partial charge is 0.489 e. The zero-order valence-corrected chi connectivity index (χ0v) is 21.7. The number of aromatic nitrogens is 2. The van der Waals surface area contributed by atoms with E-state index in [1.165, 1.54) is 12.1 Å². The minimum atomic E-state index is -0.522. The Balaban J connectivity index is 1.49. The van der Waals surface area contributed by atoms with Crippen molar-refractivity contribution in [2.24, 2.45) is 0 Å². The van der Waals surface area contributed by atoms with Gasteiger partial charge in [-0.05, 0) is 55.5 Å². The molecule has 6 nitrogen and oxygen atoms in total. The molecule has 5 aromatic rings. The predicted octanol–water partition coefficient (Wildman–Crippen LogP) is 7.11. The van der Waals surface area contributed by atoms with Gasteiger partial charge >= 0.3 is 0 Å². The number of para-hydroxylation sites is 1. The van der Waals surface area contributed by atoms with Gasteiger partial charge in [0.1, 0.15) is 35.5 Å². The maximum absolute atomic E-state index is 14.1. The molecule has 1 aromatic heterocycles. The van der Waals surface area contributed by atoms with Gasteiger partial charge in [0.05, 0.1) is 5.69 Å². The van der Waals surface area contributed by atoms with Crippen molar-refractivity contribution in [3.8, 4) is 28.8 Å². The average Bonchev–Trinajstić information content (AvgIpc) is 3.41. The monoisotopic (exact) mass is 528 g/mol. The Kier molecular flexibility index (Phi) is 7.79. The fraction of sp³-hybridized carbons (Fsp3) is 0.0606. The van der Waals surface area contributed by atoms with E-state index in [0.717, 1.165) is 11.3 Å². The third-order valence-electron chi connectivity index (χ3n) is 6.20. The average molecular weight is 529 g/mol. The summed E-state index contributed by atoms with van der Waals surface area (Å²) in [7, 11) is 0. The fourth-order valence-electron chi connectivity index (χ4n) is 4.08. The smallest absolute Gasteiger partial charge is 0.266 e. The van der Waals surface area contributed by atoms with E-state index in [1.54, 1.807) is 53.3 Å². The molecule has 0 fully saturated rings. The van der Waals surface area contributed by atoms with Crippen LogP contribution in [-0.4, -0.2) is 15.7 Å². The van der Waals surface area contributed by atoms with Crippen LogP contribution in [0.4, 0.5) is 10.1 Å². The van der Waals surface area contributed by atoms with Crippen molar-refractivity contribution in [3.63, 3.8) is 0 Å². The van der Waals surface area contributed by atoms with Gasteiger partial charge in [0.2, 0.25) is 0 Å². The van der Waals surface area contributed by atoms with E-state index in [4.69, 9.17) is 9.84 Å². The number of anilines is 1. The van der Waals surface area contributed by atoms with Gasteiger partial charge in [-0.15, -0.1) is 0 Å². The lowest BCUT2D eigenvalue weighted by molar-refractivity contribution is -0.112. The van der Waals surface area contributed by atoms with Crippen LogP contribution < -0.4 is 10.1 Å². The second-order valence-electron chi connectivity index (χ2n) is 9.11. The van der Waals surface area contributed by atoms with Gasteiger partial charge in [-0.2, -0.15) is 10.4 Å². The first-order chi connectivity index (χ1) is 19.5. The van der Waals surface area contributed by atoms with E-state index >= 15 is 0 Å². The number of nitriles is 1. The van der Waals surface area contributed by atoms with Gasteiger partial charge in [-0.3, -0.25) is 4.79 Å². The third-order valence-corrected chi connectivity index (χ3v) is 6.20. The first-order valence-corrected chi connectivity index (χ1v) is 12.6. The molecule has 0 saturated carbocycles. The summed E-state index contributed by atoms with van der Waals surface area (Å²) in [6.45, 7) is 2.03. The predicted molar refractivity (Wildman–Crippen MR) is 153 cm³/mol. The van der Waals surface area contributed by atoms with Gasteiger partial charge in [0.15, 0.2) is 0 Å². The summed E-state index contributed by atoms with van der Waals surface area (Å²) in [4.78, 5) is 13.0. The van der Waals surface area contributed by atoms with E-state index in [9.17, 15) is 14.4 Å². The highest BCUT2D eigenvalue weighted by molar-refractivity contribution is 6.10. The molecule has 0 aliphatic rings. The molecule has 4 aromatic carbocycles. The lowest BCUT2D eigenvalue weighted by Gasteiger charge is -2.09. The van der Waals surface area contributed by atoms with E-state index in [-0.39, 0.29) is 18.0 Å². The highest BCUT2D eigenvalue weighted by Gasteiger charge is 2.16. The van der Waals surface area contributed by atoms with Crippen LogP contribution in [-0.2, 0) is 11.4 Å². The van der Waals surface area contributed by atoms with Gasteiger partial charge in [0.25, 0.3) is 5.91 Å². The molecule has 196 valence electrons. The molecule has 0 atom stereocenters. The van der Waals surface area contributed by atoms with E-state index < -0.39 is 5.91 Å². The Bertz CT molecular complexity index is 1720. The first kappa shape index (κ1) is 26.1. The lowest BCUT2D eigenvalue weighted by Crippen LogP contribution is -2.13. The van der Waals surface area contributed by atoms with Crippen LogP contribution in [0, 0.1) is 24.1 Å². The molecule has 0 aliphatic heterocycles. The standard InChI is InChI=1S/C33H25FN4O2/c1-23-14-16-28(17-15-23)36-33(39)26(20-35)18-27-21-38(29-10-3-2-4-11-29)37-32(27)24-9-7-12-30(19-24)40-22-25-8-5-6-13-31(25)34/h2-19,21H,22H2,1H3,(H,36,39). The minimum Gasteiger partial charge on any atom is -0.489 e. The fourth-order valence-corrected chi connectivity index (χ4v) is 4.08. The third kappa shape index (κ3) is 6.14. The second-order valence-corrected chi connectivity index (χ2v) is 9.11. The van der Waals surface area contributed by atoms with Crippen LogP contribution >= 0.6 is 0 Å². The Morgan fingerprint density at radius 3 is 2.50 bits per heavy atom. The minimum absolute atomic E-state index is 0.0682. The number of carbonyl (C=O) groups excluding carboxylic acids is 1. The molecular formula is C33H25FN4O2. The first-order valence-electron chi connectivity index (χ1n) is 12.6. The number of carbonyl (C=O) groups is 1. The molecule has 1 N–H and O–H groups in total. The summed E-state index contributed by atoms with van der Waals surface area (Å²) in [5.74, 6) is -0.324. The van der Waals surface area contributed by atoms with E-state index in [0.29, 0.717) is 33.8 Å². The molecule has 40 heavy (non-hydrogen) atoms. The maximum Gasteiger partial charge on any atom is 0.266 e. The van der Waals surface area contributed by atoms with E-state index in [2.05, 4.69) is 5.32 Å². The zero-order valence-electron chi connectivity index (χ0n) is 21.7. The number of amides is 1. The topological polar surface area (TPSA) is 79.9 Å².